The summed E-state index contributed by atoms with van der Waals surface area (Å²) in [6.07, 6.45) is -6.03. The molecule has 166 valence electrons. The van der Waals surface area contributed by atoms with Crippen molar-refractivity contribution in [3.05, 3.63) is 58.4 Å². The number of halogens is 6. The lowest BCUT2D eigenvalue weighted by Crippen LogP contribution is -2.29. The number of hydrogen-bond acceptors (Lipinski definition) is 2. The highest BCUT2D eigenvalue weighted by atomic mass is 19.4. The second-order valence-corrected chi connectivity index (χ2v) is 6.91. The van der Waals surface area contributed by atoms with Crippen LogP contribution in [0.5, 0.6) is 11.5 Å². The Hall–Kier alpha value is -2.38. The Balaban J connectivity index is 2.40. The van der Waals surface area contributed by atoms with Gasteiger partial charge in [-0.1, -0.05) is 31.9 Å². The van der Waals surface area contributed by atoms with Crippen LogP contribution in [0.15, 0.2) is 30.3 Å². The summed E-state index contributed by atoms with van der Waals surface area (Å²) in [5.74, 6) is -2.95. The zero-order valence-electron chi connectivity index (χ0n) is 17.0. The molecular weight excluding hydrogens is 410 g/mol. The van der Waals surface area contributed by atoms with Gasteiger partial charge in [-0.05, 0) is 56.0 Å². The Bertz CT molecular complexity index is 844. The summed E-state index contributed by atoms with van der Waals surface area (Å²) in [5, 5.41) is 0. The van der Waals surface area contributed by atoms with Gasteiger partial charge in [0.25, 0.3) is 0 Å². The van der Waals surface area contributed by atoms with E-state index in [4.69, 9.17) is 4.74 Å². The highest BCUT2D eigenvalue weighted by molar-refractivity contribution is 5.47. The fourth-order valence-corrected chi connectivity index (χ4v) is 3.17. The lowest BCUT2D eigenvalue weighted by molar-refractivity contribution is -0.196. The Kier molecular flexibility index (Phi) is 7.66. The summed E-state index contributed by atoms with van der Waals surface area (Å²) in [5.41, 5.74) is -3.25. The van der Waals surface area contributed by atoms with E-state index in [1.807, 2.05) is 0 Å². The first-order valence-electron chi connectivity index (χ1n) is 9.70. The monoisotopic (exact) mass is 434 g/mol. The molecule has 2 aromatic rings. The van der Waals surface area contributed by atoms with Crippen molar-refractivity contribution in [1.29, 1.82) is 0 Å². The van der Waals surface area contributed by atoms with Crippen molar-refractivity contribution < 1.29 is 35.8 Å². The zero-order valence-corrected chi connectivity index (χ0v) is 17.0. The van der Waals surface area contributed by atoms with Crippen LogP contribution in [0.3, 0.4) is 0 Å². The van der Waals surface area contributed by atoms with Crippen LogP contribution in [0.4, 0.5) is 26.3 Å². The van der Waals surface area contributed by atoms with Crippen molar-refractivity contribution in [2.45, 2.75) is 58.7 Å². The molecule has 0 N–H and O–H groups in total. The predicted molar refractivity (Wildman–Crippen MR) is 102 cm³/mol. The highest BCUT2D eigenvalue weighted by Gasteiger charge is 2.49. The number of alkyl halides is 5. The molecule has 2 nitrogen and oxygen atoms in total. The van der Waals surface area contributed by atoms with Gasteiger partial charge >= 0.3 is 12.3 Å². The number of aryl methyl sites for hydroxylation is 2. The SMILES string of the molecule is CCCCCc1ccc(OC(F)(F)c2c(C)cc(OCC)c(F)c2C(F)(F)F)cc1. The molecule has 0 aromatic heterocycles. The van der Waals surface area contributed by atoms with E-state index in [0.717, 1.165) is 44.2 Å². The molecule has 8 heteroatoms. The standard InChI is InChI=1S/C22H24F6O2/c1-4-6-7-8-15-9-11-16(12-10-15)30-22(27,28)18-14(3)13-17(29-5-2)20(23)19(18)21(24,25)26/h9-13H,4-8H2,1-3H3. The van der Waals surface area contributed by atoms with E-state index in [1.165, 1.54) is 19.1 Å². The third-order valence-corrected chi connectivity index (χ3v) is 4.54. The lowest BCUT2D eigenvalue weighted by atomic mass is 9.98. The molecule has 0 aliphatic rings. The van der Waals surface area contributed by atoms with Gasteiger partial charge in [0.2, 0.25) is 0 Å². The molecule has 0 spiro atoms. The smallest absolute Gasteiger partial charge is 0.427 e. The lowest BCUT2D eigenvalue weighted by Gasteiger charge is -2.25. The quantitative estimate of drug-likeness (QED) is 0.302. The van der Waals surface area contributed by atoms with Crippen LogP contribution in [-0.4, -0.2) is 6.61 Å². The van der Waals surface area contributed by atoms with Crippen LogP contribution < -0.4 is 9.47 Å². The van der Waals surface area contributed by atoms with Gasteiger partial charge in [-0.2, -0.15) is 22.0 Å². The molecule has 0 atom stereocenters. The molecule has 30 heavy (non-hydrogen) atoms. The number of rotatable bonds is 9. The molecule has 0 radical (unpaired) electrons. The van der Waals surface area contributed by atoms with Crippen molar-refractivity contribution in [2.75, 3.05) is 6.61 Å². The summed E-state index contributed by atoms with van der Waals surface area (Å²) < 4.78 is 94.0. The van der Waals surface area contributed by atoms with E-state index >= 15 is 0 Å². The summed E-state index contributed by atoms with van der Waals surface area (Å²) in [6.45, 7) is 4.41. The van der Waals surface area contributed by atoms with Crippen LogP contribution in [0.1, 0.15) is 55.4 Å². The molecule has 0 bridgehead atoms. The van der Waals surface area contributed by atoms with Gasteiger partial charge in [0, 0.05) is 0 Å². The van der Waals surface area contributed by atoms with Gasteiger partial charge in [0.15, 0.2) is 11.6 Å². The van der Waals surface area contributed by atoms with Crippen molar-refractivity contribution >= 4 is 0 Å². The molecule has 0 unspecified atom stereocenters. The Morgan fingerprint density at radius 1 is 0.900 bits per heavy atom. The van der Waals surface area contributed by atoms with Crippen LogP contribution in [0.2, 0.25) is 0 Å². The van der Waals surface area contributed by atoms with Gasteiger partial charge in [-0.15, -0.1) is 0 Å². The van der Waals surface area contributed by atoms with Gasteiger partial charge in [-0.25, -0.2) is 4.39 Å². The topological polar surface area (TPSA) is 18.5 Å². The predicted octanol–water partition coefficient (Wildman–Crippen LogP) is 7.41. The average molecular weight is 434 g/mol. The molecule has 0 saturated carbocycles. The fourth-order valence-electron chi connectivity index (χ4n) is 3.17. The van der Waals surface area contributed by atoms with E-state index in [1.54, 1.807) is 12.1 Å². The molecule has 0 saturated heterocycles. The normalized spacial score (nSPS) is 12.2. The van der Waals surface area contributed by atoms with Gasteiger partial charge < -0.3 is 9.47 Å². The Morgan fingerprint density at radius 2 is 1.53 bits per heavy atom. The van der Waals surface area contributed by atoms with Crippen molar-refractivity contribution in [3.63, 3.8) is 0 Å². The first kappa shape index (κ1) is 23.9. The van der Waals surface area contributed by atoms with E-state index < -0.39 is 40.5 Å². The second kappa shape index (κ2) is 9.62. The maximum atomic E-state index is 14.8. The van der Waals surface area contributed by atoms with E-state index in [-0.39, 0.29) is 12.4 Å². The molecule has 0 aliphatic carbocycles. The number of hydrogen-bond donors (Lipinski definition) is 0. The minimum absolute atomic E-state index is 0.121. The largest absolute Gasteiger partial charge is 0.491 e. The average Bonchev–Trinajstić information content (AvgIpc) is 2.64. The number of ether oxygens (including phenoxy) is 2. The molecular formula is C22H24F6O2. The Labute approximate surface area is 171 Å². The first-order chi connectivity index (χ1) is 14.0. The van der Waals surface area contributed by atoms with Crippen LogP contribution in [0, 0.1) is 12.7 Å². The maximum absolute atomic E-state index is 14.8. The molecule has 2 rings (SSSR count). The highest BCUT2D eigenvalue weighted by Crippen LogP contribution is 2.45. The molecule has 0 amide bonds. The summed E-state index contributed by atoms with van der Waals surface area (Å²) in [4.78, 5) is 0. The van der Waals surface area contributed by atoms with Crippen molar-refractivity contribution in [1.82, 2.24) is 0 Å². The van der Waals surface area contributed by atoms with E-state index in [0.29, 0.717) is 0 Å². The summed E-state index contributed by atoms with van der Waals surface area (Å²) in [6, 6.07) is 6.51. The van der Waals surface area contributed by atoms with Gasteiger partial charge in [0.05, 0.1) is 12.2 Å². The summed E-state index contributed by atoms with van der Waals surface area (Å²) >= 11 is 0. The van der Waals surface area contributed by atoms with Crippen molar-refractivity contribution in [2.24, 2.45) is 0 Å². The van der Waals surface area contributed by atoms with Crippen LogP contribution in [-0.2, 0) is 18.7 Å². The van der Waals surface area contributed by atoms with Gasteiger partial charge in [-0.3, -0.25) is 0 Å². The van der Waals surface area contributed by atoms with Gasteiger partial charge in [0.1, 0.15) is 11.3 Å². The van der Waals surface area contributed by atoms with E-state index in [2.05, 4.69) is 11.7 Å². The van der Waals surface area contributed by atoms with Crippen molar-refractivity contribution in [3.8, 4) is 11.5 Å². The minimum atomic E-state index is -5.37. The molecule has 0 heterocycles. The Morgan fingerprint density at radius 3 is 2.07 bits per heavy atom. The number of unbranched alkanes of at least 4 members (excludes halogenated alkanes) is 2. The zero-order chi connectivity index (χ0) is 22.5. The number of benzene rings is 2. The summed E-state index contributed by atoms with van der Waals surface area (Å²) in [7, 11) is 0. The third-order valence-electron chi connectivity index (χ3n) is 4.54. The third kappa shape index (κ3) is 5.61. The fraction of sp³-hybridized carbons (Fsp3) is 0.455. The molecule has 0 fully saturated rings. The molecule has 2 aromatic carbocycles. The second-order valence-electron chi connectivity index (χ2n) is 6.91. The van der Waals surface area contributed by atoms with Crippen LogP contribution in [0.25, 0.3) is 0 Å². The van der Waals surface area contributed by atoms with E-state index in [9.17, 15) is 26.3 Å². The molecule has 0 aliphatic heterocycles. The first-order valence-corrected chi connectivity index (χ1v) is 9.70. The maximum Gasteiger partial charge on any atom is 0.427 e. The van der Waals surface area contributed by atoms with Crippen LogP contribution >= 0.6 is 0 Å². The minimum Gasteiger partial charge on any atom is -0.491 e.